The fraction of sp³-hybridized carbons (Fsp3) is 0.923. The van der Waals surface area contributed by atoms with E-state index in [9.17, 15) is 4.79 Å². The molecule has 0 radical (unpaired) electrons. The highest BCUT2D eigenvalue weighted by Gasteiger charge is 2.31. The molecule has 0 saturated carbocycles. The Morgan fingerprint density at radius 1 is 1.18 bits per heavy atom. The zero-order chi connectivity index (χ0) is 12.4. The second-order valence-corrected chi connectivity index (χ2v) is 5.81. The largest absolute Gasteiger partial charge is 0.328 e. The number of nitrogens with zero attached hydrogens (tertiary/aromatic N) is 2. The van der Waals surface area contributed by atoms with Crippen LogP contribution in [-0.4, -0.2) is 48.1 Å². The molecule has 2 rings (SSSR count). The van der Waals surface area contributed by atoms with E-state index < -0.39 is 0 Å². The first-order valence-corrected chi connectivity index (χ1v) is 6.87. The lowest BCUT2D eigenvalue weighted by Gasteiger charge is -2.33. The maximum absolute atomic E-state index is 12.3. The van der Waals surface area contributed by atoms with Crippen molar-refractivity contribution in [1.82, 2.24) is 9.80 Å². The number of hydrogen-bond acceptors (Lipinski definition) is 2. The van der Waals surface area contributed by atoms with E-state index in [4.69, 9.17) is 5.73 Å². The van der Waals surface area contributed by atoms with Crippen molar-refractivity contribution >= 4 is 6.03 Å². The molecule has 2 N–H and O–H groups in total. The smallest absolute Gasteiger partial charge is 0.320 e. The molecule has 2 heterocycles. The van der Waals surface area contributed by atoms with E-state index in [2.05, 4.69) is 6.92 Å². The van der Waals surface area contributed by atoms with Gasteiger partial charge in [-0.05, 0) is 38.0 Å². The van der Waals surface area contributed by atoms with Crippen LogP contribution in [0.25, 0.3) is 0 Å². The van der Waals surface area contributed by atoms with Crippen LogP contribution in [0, 0.1) is 11.8 Å². The fourth-order valence-electron chi connectivity index (χ4n) is 2.79. The van der Waals surface area contributed by atoms with E-state index in [1.165, 1.54) is 0 Å². The Morgan fingerprint density at radius 3 is 2.29 bits per heavy atom. The predicted molar refractivity (Wildman–Crippen MR) is 68.7 cm³/mol. The summed E-state index contributed by atoms with van der Waals surface area (Å²) in [5.74, 6) is 1.26. The highest BCUT2D eigenvalue weighted by atomic mass is 16.2. The number of carbonyl (C=O) groups is 1. The standard InChI is InChI=1S/C13H25N3O/c1-10-3-6-15(7-4-10)13(17)16-8-5-12(9-16)11(2)14/h10-12H,3-9,14H2,1-2H3. The van der Waals surface area contributed by atoms with Crippen LogP contribution in [0.5, 0.6) is 0 Å². The minimum Gasteiger partial charge on any atom is -0.328 e. The molecule has 0 spiro atoms. The summed E-state index contributed by atoms with van der Waals surface area (Å²) in [6.45, 7) is 7.91. The average molecular weight is 239 g/mol. The Kier molecular flexibility index (Phi) is 3.92. The van der Waals surface area contributed by atoms with E-state index in [1.54, 1.807) is 0 Å². The molecule has 0 bridgehead atoms. The van der Waals surface area contributed by atoms with Crippen molar-refractivity contribution in [2.75, 3.05) is 26.2 Å². The van der Waals surface area contributed by atoms with Crippen LogP contribution in [0.2, 0.25) is 0 Å². The van der Waals surface area contributed by atoms with Crippen LogP contribution in [0.4, 0.5) is 4.79 Å². The topological polar surface area (TPSA) is 49.6 Å². The summed E-state index contributed by atoms with van der Waals surface area (Å²) >= 11 is 0. The number of carbonyl (C=O) groups excluding carboxylic acids is 1. The Labute approximate surface area is 104 Å². The minimum absolute atomic E-state index is 0.203. The van der Waals surface area contributed by atoms with E-state index in [1.807, 2.05) is 16.7 Å². The summed E-state index contributed by atoms with van der Waals surface area (Å²) in [6, 6.07) is 0.439. The molecular formula is C13H25N3O. The lowest BCUT2D eigenvalue weighted by atomic mass is 9.99. The molecule has 2 aliphatic heterocycles. The zero-order valence-corrected chi connectivity index (χ0v) is 11.1. The summed E-state index contributed by atoms with van der Waals surface area (Å²) in [7, 11) is 0. The van der Waals surface area contributed by atoms with Crippen LogP contribution in [0.1, 0.15) is 33.1 Å². The molecule has 0 aliphatic carbocycles. The molecule has 2 amide bonds. The van der Waals surface area contributed by atoms with Crippen molar-refractivity contribution in [2.24, 2.45) is 17.6 Å². The third-order valence-corrected chi connectivity index (χ3v) is 4.29. The number of nitrogens with two attached hydrogens (primary N) is 1. The minimum atomic E-state index is 0.203. The van der Waals surface area contributed by atoms with Crippen LogP contribution in [-0.2, 0) is 0 Å². The maximum atomic E-state index is 12.3. The first-order valence-electron chi connectivity index (χ1n) is 6.87. The van der Waals surface area contributed by atoms with Crippen LogP contribution in [0.15, 0.2) is 0 Å². The number of amides is 2. The van der Waals surface area contributed by atoms with Gasteiger partial charge in [0.05, 0.1) is 0 Å². The van der Waals surface area contributed by atoms with Crippen molar-refractivity contribution in [3.05, 3.63) is 0 Å². The van der Waals surface area contributed by atoms with Gasteiger partial charge in [0.15, 0.2) is 0 Å². The van der Waals surface area contributed by atoms with E-state index in [0.29, 0.717) is 5.92 Å². The van der Waals surface area contributed by atoms with Crippen molar-refractivity contribution in [2.45, 2.75) is 39.2 Å². The van der Waals surface area contributed by atoms with Crippen molar-refractivity contribution in [1.29, 1.82) is 0 Å². The number of piperidine rings is 1. The van der Waals surface area contributed by atoms with E-state index in [0.717, 1.165) is 51.4 Å². The molecule has 2 saturated heterocycles. The molecule has 17 heavy (non-hydrogen) atoms. The molecule has 4 heteroatoms. The molecular weight excluding hydrogens is 214 g/mol. The van der Waals surface area contributed by atoms with Gasteiger partial charge in [0.2, 0.25) is 0 Å². The third kappa shape index (κ3) is 2.92. The first-order chi connectivity index (χ1) is 8.08. The average Bonchev–Trinajstić information content (AvgIpc) is 2.78. The fourth-order valence-corrected chi connectivity index (χ4v) is 2.79. The van der Waals surface area contributed by atoms with Gasteiger partial charge in [-0.25, -0.2) is 4.79 Å². The molecule has 0 aromatic rings. The number of hydrogen-bond donors (Lipinski definition) is 1. The molecule has 0 aromatic carbocycles. The van der Waals surface area contributed by atoms with Gasteiger partial charge in [-0.1, -0.05) is 6.92 Å². The summed E-state index contributed by atoms with van der Waals surface area (Å²) in [5.41, 5.74) is 5.91. The van der Waals surface area contributed by atoms with Crippen LogP contribution >= 0.6 is 0 Å². The summed E-state index contributed by atoms with van der Waals surface area (Å²) in [5, 5.41) is 0. The number of rotatable bonds is 1. The SMILES string of the molecule is CC1CCN(C(=O)N2CCC(C(C)N)C2)CC1. The second kappa shape index (κ2) is 5.25. The Hall–Kier alpha value is -0.770. The molecule has 2 atom stereocenters. The van der Waals surface area contributed by atoms with Gasteiger partial charge in [-0.15, -0.1) is 0 Å². The highest BCUT2D eigenvalue weighted by Crippen LogP contribution is 2.22. The Bertz CT molecular complexity index is 272. The maximum Gasteiger partial charge on any atom is 0.320 e. The van der Waals surface area contributed by atoms with E-state index in [-0.39, 0.29) is 12.1 Å². The molecule has 2 fully saturated rings. The molecule has 2 unspecified atom stereocenters. The summed E-state index contributed by atoms with van der Waals surface area (Å²) in [4.78, 5) is 16.3. The monoisotopic (exact) mass is 239 g/mol. The second-order valence-electron chi connectivity index (χ2n) is 5.81. The normalized spacial score (nSPS) is 28.5. The summed E-state index contributed by atoms with van der Waals surface area (Å²) in [6.07, 6.45) is 3.36. The molecule has 98 valence electrons. The van der Waals surface area contributed by atoms with Crippen LogP contribution < -0.4 is 5.73 Å². The van der Waals surface area contributed by atoms with Gasteiger partial charge in [-0.2, -0.15) is 0 Å². The Balaban J connectivity index is 1.84. The summed E-state index contributed by atoms with van der Waals surface area (Å²) < 4.78 is 0. The number of likely N-dealkylation sites (tertiary alicyclic amines) is 2. The molecule has 2 aliphatic rings. The lowest BCUT2D eigenvalue weighted by molar-refractivity contribution is 0.141. The molecule has 0 aromatic heterocycles. The van der Waals surface area contributed by atoms with Gasteiger partial charge >= 0.3 is 6.03 Å². The van der Waals surface area contributed by atoms with Gasteiger partial charge in [-0.3, -0.25) is 0 Å². The van der Waals surface area contributed by atoms with Gasteiger partial charge in [0, 0.05) is 32.2 Å². The highest BCUT2D eigenvalue weighted by molar-refractivity contribution is 5.74. The van der Waals surface area contributed by atoms with Crippen molar-refractivity contribution in [3.8, 4) is 0 Å². The van der Waals surface area contributed by atoms with Gasteiger partial charge in [0.25, 0.3) is 0 Å². The van der Waals surface area contributed by atoms with Gasteiger partial charge < -0.3 is 15.5 Å². The quantitative estimate of drug-likeness (QED) is 0.754. The van der Waals surface area contributed by atoms with E-state index >= 15 is 0 Å². The lowest BCUT2D eigenvalue weighted by Crippen LogP contribution is -2.46. The predicted octanol–water partition coefficient (Wildman–Crippen LogP) is 1.51. The Morgan fingerprint density at radius 2 is 1.76 bits per heavy atom. The third-order valence-electron chi connectivity index (χ3n) is 4.29. The van der Waals surface area contributed by atoms with Crippen molar-refractivity contribution in [3.63, 3.8) is 0 Å². The van der Waals surface area contributed by atoms with Crippen molar-refractivity contribution < 1.29 is 4.79 Å². The van der Waals surface area contributed by atoms with Gasteiger partial charge in [0.1, 0.15) is 0 Å². The molecule has 4 nitrogen and oxygen atoms in total. The number of urea groups is 1. The zero-order valence-electron chi connectivity index (χ0n) is 11.1. The first kappa shape index (κ1) is 12.7. The van der Waals surface area contributed by atoms with Crippen LogP contribution in [0.3, 0.4) is 0 Å².